The molecule has 0 radical (unpaired) electrons. The van der Waals surface area contributed by atoms with Crippen molar-refractivity contribution in [2.45, 2.75) is 6.42 Å². The molecule has 1 heterocycles. The van der Waals surface area contributed by atoms with Gasteiger partial charge in [-0.15, -0.1) is 0 Å². The molecule has 0 spiro atoms. The fourth-order valence-corrected chi connectivity index (χ4v) is 1.32. The fourth-order valence-electron chi connectivity index (χ4n) is 1.32. The van der Waals surface area contributed by atoms with Crippen LogP contribution in [0.2, 0.25) is 0 Å². The summed E-state index contributed by atoms with van der Waals surface area (Å²) in [7, 11) is 1.34. The molecule has 16 heavy (non-hydrogen) atoms. The van der Waals surface area contributed by atoms with Crippen LogP contribution in [-0.2, 0) is 16.0 Å². The Morgan fingerprint density at radius 1 is 1.38 bits per heavy atom. The van der Waals surface area contributed by atoms with Crippen LogP contribution in [0, 0.1) is 0 Å². The first-order chi connectivity index (χ1) is 7.79. The van der Waals surface area contributed by atoms with Gasteiger partial charge in [-0.3, -0.25) is 4.79 Å². The van der Waals surface area contributed by atoms with Crippen molar-refractivity contribution in [1.82, 2.24) is 4.98 Å². The van der Waals surface area contributed by atoms with Crippen LogP contribution in [0.5, 0.6) is 0 Å². The van der Waals surface area contributed by atoms with Gasteiger partial charge in [0.25, 0.3) is 0 Å². The molecule has 4 nitrogen and oxygen atoms in total. The topological polar surface area (TPSA) is 52.3 Å². The van der Waals surface area contributed by atoms with Crippen molar-refractivity contribution >= 4 is 5.97 Å². The fraction of sp³-hybridized carbons (Fsp3) is 0.167. The van der Waals surface area contributed by atoms with Crippen LogP contribution >= 0.6 is 0 Å². The zero-order valence-electron chi connectivity index (χ0n) is 8.84. The predicted octanol–water partition coefficient (Wildman–Crippen LogP) is 2.06. The highest BCUT2D eigenvalue weighted by Crippen LogP contribution is 2.18. The first kappa shape index (κ1) is 10.4. The number of carbonyl (C=O) groups excluding carboxylic acids is 1. The molecule has 0 saturated heterocycles. The molecule has 0 amide bonds. The molecular weight excluding hydrogens is 206 g/mol. The van der Waals surface area contributed by atoms with E-state index in [4.69, 9.17) is 4.42 Å². The average Bonchev–Trinajstić information content (AvgIpc) is 2.78. The predicted molar refractivity (Wildman–Crippen MR) is 57.7 cm³/mol. The maximum absolute atomic E-state index is 11.0. The van der Waals surface area contributed by atoms with Gasteiger partial charge in [0.2, 0.25) is 5.89 Å². The van der Waals surface area contributed by atoms with Gasteiger partial charge in [-0.2, -0.15) is 0 Å². The van der Waals surface area contributed by atoms with Gasteiger partial charge < -0.3 is 9.15 Å². The number of esters is 1. The van der Waals surface area contributed by atoms with Crippen LogP contribution in [0.4, 0.5) is 0 Å². The largest absolute Gasteiger partial charge is 0.469 e. The van der Waals surface area contributed by atoms with Gasteiger partial charge >= 0.3 is 5.97 Å². The normalized spacial score (nSPS) is 10.1. The summed E-state index contributed by atoms with van der Waals surface area (Å²) in [5, 5.41) is 0. The number of methoxy groups -OCH3 is 1. The summed E-state index contributed by atoms with van der Waals surface area (Å²) in [4.78, 5) is 15.1. The van der Waals surface area contributed by atoms with E-state index in [9.17, 15) is 4.79 Å². The Balaban J connectivity index is 2.17. The molecule has 0 aliphatic heterocycles. The Kier molecular flexibility index (Phi) is 3.00. The number of ether oxygens (including phenoxy) is 1. The lowest BCUT2D eigenvalue weighted by molar-refractivity contribution is -0.140. The highest BCUT2D eigenvalue weighted by atomic mass is 16.5. The summed E-state index contributed by atoms with van der Waals surface area (Å²) in [6.07, 6.45) is 1.65. The van der Waals surface area contributed by atoms with Crippen LogP contribution in [0.1, 0.15) is 5.76 Å². The molecule has 82 valence electrons. The minimum atomic E-state index is -0.337. The molecule has 0 N–H and O–H groups in total. The zero-order valence-corrected chi connectivity index (χ0v) is 8.84. The molecule has 4 heteroatoms. The Bertz CT molecular complexity index is 476. The van der Waals surface area contributed by atoms with E-state index in [2.05, 4.69) is 9.72 Å². The summed E-state index contributed by atoms with van der Waals surface area (Å²) >= 11 is 0. The monoisotopic (exact) mass is 217 g/mol. The van der Waals surface area contributed by atoms with Crippen LogP contribution in [0.15, 0.2) is 40.9 Å². The van der Waals surface area contributed by atoms with Gasteiger partial charge in [0.1, 0.15) is 12.2 Å². The first-order valence-electron chi connectivity index (χ1n) is 4.86. The van der Waals surface area contributed by atoms with E-state index in [1.807, 2.05) is 30.3 Å². The molecule has 0 bridgehead atoms. The quantitative estimate of drug-likeness (QED) is 0.738. The number of oxazole rings is 1. The van der Waals surface area contributed by atoms with E-state index in [0.29, 0.717) is 11.7 Å². The van der Waals surface area contributed by atoms with Gasteiger partial charge in [-0.25, -0.2) is 4.98 Å². The molecule has 0 fully saturated rings. The van der Waals surface area contributed by atoms with Gasteiger partial charge in [-0.05, 0) is 12.1 Å². The Labute approximate surface area is 92.9 Å². The van der Waals surface area contributed by atoms with Crippen molar-refractivity contribution in [2.75, 3.05) is 7.11 Å². The highest BCUT2D eigenvalue weighted by molar-refractivity contribution is 5.71. The molecule has 2 aromatic rings. The Morgan fingerprint density at radius 3 is 2.81 bits per heavy atom. The van der Waals surface area contributed by atoms with Gasteiger partial charge in [0.05, 0.1) is 13.3 Å². The van der Waals surface area contributed by atoms with Crippen molar-refractivity contribution < 1.29 is 13.9 Å². The van der Waals surface area contributed by atoms with Crippen LogP contribution in [-0.4, -0.2) is 18.1 Å². The molecule has 0 aliphatic rings. The number of rotatable bonds is 3. The van der Waals surface area contributed by atoms with Crippen molar-refractivity contribution in [2.24, 2.45) is 0 Å². The van der Waals surface area contributed by atoms with Crippen LogP contribution in [0.3, 0.4) is 0 Å². The zero-order chi connectivity index (χ0) is 11.4. The van der Waals surface area contributed by atoms with E-state index in [1.54, 1.807) is 6.20 Å². The smallest absolute Gasteiger partial charge is 0.313 e. The van der Waals surface area contributed by atoms with E-state index >= 15 is 0 Å². The molecule has 2 rings (SSSR count). The second-order valence-corrected chi connectivity index (χ2v) is 3.25. The molecule has 1 aromatic carbocycles. The molecular formula is C12H11NO3. The van der Waals surface area contributed by atoms with Crippen LogP contribution < -0.4 is 0 Å². The number of hydrogen-bond donors (Lipinski definition) is 0. The number of carbonyl (C=O) groups is 1. The third-order valence-corrected chi connectivity index (χ3v) is 2.12. The number of hydrogen-bond acceptors (Lipinski definition) is 4. The molecule has 1 aromatic heterocycles. The average molecular weight is 217 g/mol. The Hall–Kier alpha value is -2.10. The van der Waals surface area contributed by atoms with Crippen molar-refractivity contribution in [1.29, 1.82) is 0 Å². The van der Waals surface area contributed by atoms with E-state index in [1.165, 1.54) is 7.11 Å². The second-order valence-electron chi connectivity index (χ2n) is 3.25. The maximum Gasteiger partial charge on any atom is 0.313 e. The lowest BCUT2D eigenvalue weighted by Gasteiger charge is -1.95. The maximum atomic E-state index is 11.0. The van der Waals surface area contributed by atoms with E-state index in [0.717, 1.165) is 5.56 Å². The molecule has 0 aliphatic carbocycles. The summed E-state index contributed by atoms with van der Waals surface area (Å²) in [6.45, 7) is 0. The van der Waals surface area contributed by atoms with Gasteiger partial charge in [0, 0.05) is 5.56 Å². The van der Waals surface area contributed by atoms with Gasteiger partial charge in [-0.1, -0.05) is 18.2 Å². The Morgan fingerprint density at radius 2 is 2.12 bits per heavy atom. The SMILES string of the molecule is COC(=O)Cc1cnc(-c2ccccc2)o1. The third kappa shape index (κ3) is 2.28. The summed E-state index contributed by atoms with van der Waals surface area (Å²) in [5.41, 5.74) is 0.888. The van der Waals surface area contributed by atoms with Gasteiger partial charge in [0.15, 0.2) is 0 Å². The molecule has 0 atom stereocenters. The standard InChI is InChI=1S/C12H11NO3/c1-15-11(14)7-10-8-13-12(16-10)9-5-3-2-4-6-9/h2-6,8H,7H2,1H3. The number of nitrogens with zero attached hydrogens (tertiary/aromatic N) is 1. The second kappa shape index (κ2) is 4.61. The highest BCUT2D eigenvalue weighted by Gasteiger charge is 2.09. The van der Waals surface area contributed by atoms with Crippen molar-refractivity contribution in [3.8, 4) is 11.5 Å². The number of benzene rings is 1. The number of aromatic nitrogens is 1. The summed E-state index contributed by atoms with van der Waals surface area (Å²) in [6, 6.07) is 9.52. The van der Waals surface area contributed by atoms with Crippen LogP contribution in [0.25, 0.3) is 11.5 Å². The van der Waals surface area contributed by atoms with Crippen molar-refractivity contribution in [3.05, 3.63) is 42.3 Å². The minimum Gasteiger partial charge on any atom is -0.469 e. The lowest BCUT2D eigenvalue weighted by atomic mass is 10.2. The van der Waals surface area contributed by atoms with E-state index in [-0.39, 0.29) is 12.4 Å². The lowest BCUT2D eigenvalue weighted by Crippen LogP contribution is -2.03. The summed E-state index contributed by atoms with van der Waals surface area (Å²) in [5.74, 6) is 0.681. The third-order valence-electron chi connectivity index (χ3n) is 2.12. The first-order valence-corrected chi connectivity index (χ1v) is 4.86. The van der Waals surface area contributed by atoms with Crippen molar-refractivity contribution in [3.63, 3.8) is 0 Å². The molecule has 0 unspecified atom stereocenters. The van der Waals surface area contributed by atoms with E-state index < -0.39 is 0 Å². The molecule has 0 saturated carbocycles. The minimum absolute atomic E-state index is 0.107. The summed E-state index contributed by atoms with van der Waals surface area (Å²) < 4.78 is 9.97.